The molecule has 3 rings (SSSR count). The van der Waals surface area contributed by atoms with E-state index in [1.54, 1.807) is 23.1 Å². The minimum atomic E-state index is -0.515. The Labute approximate surface area is 149 Å². The molecule has 1 saturated heterocycles. The summed E-state index contributed by atoms with van der Waals surface area (Å²) in [5.74, 6) is -0.842. The summed E-state index contributed by atoms with van der Waals surface area (Å²) >= 11 is 1.27. The number of carbonyl (C=O) groups is 2. The highest BCUT2D eigenvalue weighted by Crippen LogP contribution is 2.36. The van der Waals surface area contributed by atoms with Crippen molar-refractivity contribution in [3.8, 4) is 10.4 Å². The number of methoxy groups -OCH3 is 1. The van der Waals surface area contributed by atoms with Gasteiger partial charge in [-0.1, -0.05) is 12.1 Å². The molecule has 132 valence electrons. The van der Waals surface area contributed by atoms with E-state index in [4.69, 9.17) is 4.74 Å². The Morgan fingerprint density at radius 1 is 1.16 bits per heavy atom. The van der Waals surface area contributed by atoms with E-state index in [2.05, 4.69) is 5.32 Å². The third-order valence-electron chi connectivity index (χ3n) is 4.13. The molecule has 0 radical (unpaired) electrons. The number of halogens is 1. The average molecular weight is 362 g/mol. The van der Waals surface area contributed by atoms with Gasteiger partial charge in [0.05, 0.1) is 12.7 Å². The van der Waals surface area contributed by atoms with Crippen LogP contribution in [0.2, 0.25) is 0 Å². The molecule has 1 aromatic heterocycles. The van der Waals surface area contributed by atoms with Gasteiger partial charge in [-0.05, 0) is 43.0 Å². The van der Waals surface area contributed by atoms with Gasteiger partial charge < -0.3 is 9.64 Å². The molecule has 25 heavy (non-hydrogen) atoms. The molecule has 0 atom stereocenters. The van der Waals surface area contributed by atoms with Gasteiger partial charge in [0.15, 0.2) is 0 Å². The second-order valence-corrected chi connectivity index (χ2v) is 6.88. The van der Waals surface area contributed by atoms with E-state index in [-0.39, 0.29) is 11.8 Å². The van der Waals surface area contributed by atoms with Gasteiger partial charge in [0.2, 0.25) is 0 Å². The van der Waals surface area contributed by atoms with Crippen LogP contribution in [0.1, 0.15) is 29.6 Å². The van der Waals surface area contributed by atoms with Gasteiger partial charge in [0.25, 0.3) is 0 Å². The number of amides is 2. The summed E-state index contributed by atoms with van der Waals surface area (Å²) in [6.07, 6.45) is 3.11. The standard InChI is InChI=1S/C18H19FN2O3S/c1-24-17(22)14-11-15(12-5-7-13(19)8-6-12)25-16(14)20-18(23)21-9-3-2-4-10-21/h5-8,11H,2-4,9-10H2,1H3,(H,20,23). The lowest BCUT2D eigenvalue weighted by molar-refractivity contribution is 0.0602. The smallest absolute Gasteiger partial charge is 0.340 e. The minimum Gasteiger partial charge on any atom is -0.465 e. The number of nitrogens with one attached hydrogen (secondary N) is 1. The van der Waals surface area contributed by atoms with Crippen molar-refractivity contribution in [2.45, 2.75) is 19.3 Å². The Kier molecular flexibility index (Phi) is 5.33. The van der Waals surface area contributed by atoms with E-state index in [0.29, 0.717) is 10.6 Å². The molecule has 0 saturated carbocycles. The largest absolute Gasteiger partial charge is 0.465 e. The quantitative estimate of drug-likeness (QED) is 0.826. The summed E-state index contributed by atoms with van der Waals surface area (Å²) in [5.41, 5.74) is 1.08. The predicted molar refractivity (Wildman–Crippen MR) is 95.5 cm³/mol. The molecule has 1 N–H and O–H groups in total. The molecule has 0 aliphatic carbocycles. The molecule has 1 aromatic carbocycles. The van der Waals surface area contributed by atoms with Crippen LogP contribution in [0.25, 0.3) is 10.4 Å². The van der Waals surface area contributed by atoms with Gasteiger partial charge in [-0.25, -0.2) is 14.0 Å². The number of rotatable bonds is 3. The minimum absolute atomic E-state index is 0.211. The summed E-state index contributed by atoms with van der Waals surface area (Å²) < 4.78 is 17.9. The highest BCUT2D eigenvalue weighted by molar-refractivity contribution is 7.20. The van der Waals surface area contributed by atoms with E-state index < -0.39 is 5.97 Å². The van der Waals surface area contributed by atoms with Crippen molar-refractivity contribution in [2.75, 3.05) is 25.5 Å². The van der Waals surface area contributed by atoms with Gasteiger partial charge >= 0.3 is 12.0 Å². The van der Waals surface area contributed by atoms with Crippen LogP contribution < -0.4 is 5.32 Å². The SMILES string of the molecule is COC(=O)c1cc(-c2ccc(F)cc2)sc1NC(=O)N1CCCCC1. The van der Waals surface area contributed by atoms with E-state index in [0.717, 1.165) is 42.8 Å². The predicted octanol–water partition coefficient (Wildman–Crippen LogP) is 4.36. The van der Waals surface area contributed by atoms with Crippen molar-refractivity contribution >= 4 is 28.3 Å². The monoisotopic (exact) mass is 362 g/mol. The van der Waals surface area contributed by atoms with E-state index in [1.165, 1.54) is 30.6 Å². The van der Waals surface area contributed by atoms with E-state index in [9.17, 15) is 14.0 Å². The van der Waals surface area contributed by atoms with Crippen LogP contribution in [-0.2, 0) is 4.74 Å². The molecule has 1 fully saturated rings. The van der Waals surface area contributed by atoms with Crippen molar-refractivity contribution in [3.05, 3.63) is 41.7 Å². The maximum Gasteiger partial charge on any atom is 0.340 e. The Morgan fingerprint density at radius 2 is 1.84 bits per heavy atom. The number of likely N-dealkylation sites (tertiary alicyclic amines) is 1. The van der Waals surface area contributed by atoms with Gasteiger partial charge in [-0.2, -0.15) is 0 Å². The molecule has 2 amide bonds. The highest BCUT2D eigenvalue weighted by Gasteiger charge is 2.22. The number of benzene rings is 1. The summed E-state index contributed by atoms with van der Waals surface area (Å²) in [5, 5.41) is 3.27. The van der Waals surface area contributed by atoms with Gasteiger partial charge in [0.1, 0.15) is 10.8 Å². The number of urea groups is 1. The fraction of sp³-hybridized carbons (Fsp3) is 0.333. The molecular weight excluding hydrogens is 343 g/mol. The lowest BCUT2D eigenvalue weighted by Gasteiger charge is -2.26. The van der Waals surface area contributed by atoms with Crippen LogP contribution >= 0.6 is 11.3 Å². The summed E-state index contributed by atoms with van der Waals surface area (Å²) in [6.45, 7) is 1.44. The molecule has 7 heteroatoms. The van der Waals surface area contributed by atoms with Gasteiger partial charge in [-0.3, -0.25) is 5.32 Å². The zero-order valence-electron chi connectivity index (χ0n) is 13.9. The zero-order chi connectivity index (χ0) is 17.8. The number of ether oxygens (including phenoxy) is 1. The zero-order valence-corrected chi connectivity index (χ0v) is 14.7. The molecule has 0 unspecified atom stereocenters. The molecular formula is C18H19FN2O3S. The molecule has 2 heterocycles. The molecule has 5 nitrogen and oxygen atoms in total. The van der Waals surface area contributed by atoms with Gasteiger partial charge in [0, 0.05) is 18.0 Å². The number of carbonyl (C=O) groups excluding carboxylic acids is 2. The number of anilines is 1. The maximum absolute atomic E-state index is 13.1. The summed E-state index contributed by atoms with van der Waals surface area (Å²) in [4.78, 5) is 27.0. The van der Waals surface area contributed by atoms with Crippen LogP contribution in [-0.4, -0.2) is 37.1 Å². The van der Waals surface area contributed by atoms with Crippen LogP contribution in [0, 0.1) is 5.82 Å². The van der Waals surface area contributed by atoms with Crippen LogP contribution in [0.5, 0.6) is 0 Å². The first-order chi connectivity index (χ1) is 12.1. The third kappa shape index (κ3) is 3.99. The Balaban J connectivity index is 1.87. The number of esters is 1. The Hall–Kier alpha value is -2.41. The van der Waals surface area contributed by atoms with Crippen molar-refractivity contribution in [2.24, 2.45) is 0 Å². The van der Waals surface area contributed by atoms with Crippen LogP contribution in [0.15, 0.2) is 30.3 Å². The number of hydrogen-bond donors (Lipinski definition) is 1. The highest BCUT2D eigenvalue weighted by atomic mass is 32.1. The number of nitrogens with zero attached hydrogens (tertiary/aromatic N) is 1. The molecule has 1 aliphatic heterocycles. The molecule has 2 aromatic rings. The molecule has 0 spiro atoms. The first-order valence-corrected chi connectivity index (χ1v) is 8.94. The first kappa shape index (κ1) is 17.4. The Bertz CT molecular complexity index is 767. The molecule has 0 bridgehead atoms. The first-order valence-electron chi connectivity index (χ1n) is 8.12. The summed E-state index contributed by atoms with van der Waals surface area (Å²) in [7, 11) is 1.30. The van der Waals surface area contributed by atoms with Crippen molar-refractivity contribution < 1.29 is 18.7 Å². The van der Waals surface area contributed by atoms with Crippen molar-refractivity contribution in [1.29, 1.82) is 0 Å². The second kappa shape index (κ2) is 7.65. The lowest BCUT2D eigenvalue weighted by atomic mass is 10.1. The lowest BCUT2D eigenvalue weighted by Crippen LogP contribution is -2.38. The van der Waals surface area contributed by atoms with Crippen LogP contribution in [0.4, 0.5) is 14.2 Å². The third-order valence-corrected chi connectivity index (χ3v) is 5.23. The van der Waals surface area contributed by atoms with Crippen molar-refractivity contribution in [1.82, 2.24) is 4.90 Å². The average Bonchev–Trinajstić information content (AvgIpc) is 3.06. The van der Waals surface area contributed by atoms with E-state index in [1.807, 2.05) is 0 Å². The fourth-order valence-corrected chi connectivity index (χ4v) is 3.82. The Morgan fingerprint density at radius 3 is 2.48 bits per heavy atom. The van der Waals surface area contributed by atoms with E-state index >= 15 is 0 Å². The maximum atomic E-state index is 13.1. The molecule has 1 aliphatic rings. The van der Waals surface area contributed by atoms with Crippen molar-refractivity contribution in [3.63, 3.8) is 0 Å². The fourth-order valence-electron chi connectivity index (χ4n) is 2.78. The number of thiophene rings is 1. The van der Waals surface area contributed by atoms with Gasteiger partial charge in [-0.15, -0.1) is 11.3 Å². The van der Waals surface area contributed by atoms with Crippen LogP contribution in [0.3, 0.4) is 0 Å². The topological polar surface area (TPSA) is 58.6 Å². The normalized spacial score (nSPS) is 14.2. The summed E-state index contributed by atoms with van der Waals surface area (Å²) in [6, 6.07) is 7.45. The number of piperidine rings is 1. The number of hydrogen-bond acceptors (Lipinski definition) is 4. The second-order valence-electron chi connectivity index (χ2n) is 5.83.